The monoisotopic (exact) mass is 297 g/mol. The normalized spacial score (nSPS) is 17.7. The van der Waals surface area contributed by atoms with Crippen LogP contribution in [0.15, 0.2) is 48.8 Å². The second kappa shape index (κ2) is 7.98. The number of rotatable bonds is 3. The van der Waals surface area contributed by atoms with Gasteiger partial charge in [0.25, 0.3) is 0 Å². The van der Waals surface area contributed by atoms with Gasteiger partial charge in [-0.2, -0.15) is 0 Å². The van der Waals surface area contributed by atoms with Crippen LogP contribution in [0, 0.1) is 0 Å². The van der Waals surface area contributed by atoms with Gasteiger partial charge >= 0.3 is 0 Å². The maximum absolute atomic E-state index is 4.59. The van der Waals surface area contributed by atoms with E-state index in [-0.39, 0.29) is 6.04 Å². The van der Waals surface area contributed by atoms with E-state index < -0.39 is 0 Å². The number of nitrogens with zero attached hydrogens (tertiary/aromatic N) is 3. The molecule has 2 aromatic heterocycles. The van der Waals surface area contributed by atoms with Crippen LogP contribution < -0.4 is 10.6 Å². The molecule has 1 fully saturated rings. The van der Waals surface area contributed by atoms with E-state index in [1.54, 1.807) is 0 Å². The highest BCUT2D eigenvalue weighted by Crippen LogP contribution is 2.25. The van der Waals surface area contributed by atoms with E-state index in [4.69, 9.17) is 0 Å². The summed E-state index contributed by atoms with van der Waals surface area (Å²) in [6, 6.07) is 12.3. The van der Waals surface area contributed by atoms with Gasteiger partial charge in [0.15, 0.2) is 0 Å². The third-order valence-corrected chi connectivity index (χ3v) is 3.93. The molecular formula is C17H23N5. The molecule has 2 aromatic rings. The van der Waals surface area contributed by atoms with Crippen LogP contribution >= 0.6 is 0 Å². The van der Waals surface area contributed by atoms with E-state index in [0.29, 0.717) is 0 Å². The molecule has 2 N–H and O–H groups in total. The van der Waals surface area contributed by atoms with Crippen molar-refractivity contribution < 1.29 is 0 Å². The summed E-state index contributed by atoms with van der Waals surface area (Å²) in [6.45, 7) is 5.98. The zero-order valence-corrected chi connectivity index (χ0v) is 12.8. The number of nitrogens with one attached hydrogen (secondary N) is 2. The smallest absolute Gasteiger partial charge is 0.0950 e. The molecule has 0 spiro atoms. The van der Waals surface area contributed by atoms with Crippen molar-refractivity contribution in [2.75, 3.05) is 39.3 Å². The van der Waals surface area contributed by atoms with Crippen LogP contribution in [0.1, 0.15) is 17.4 Å². The SMILES string of the molecule is c1ccc(C(c2ccccn2)N2CCNCCNCC2)nc1. The molecule has 0 saturated carbocycles. The number of aromatic nitrogens is 2. The molecule has 5 nitrogen and oxygen atoms in total. The highest BCUT2D eigenvalue weighted by Gasteiger charge is 2.24. The molecule has 0 amide bonds. The second-order valence-electron chi connectivity index (χ2n) is 5.45. The van der Waals surface area contributed by atoms with Crippen LogP contribution in [-0.4, -0.2) is 54.1 Å². The summed E-state index contributed by atoms with van der Waals surface area (Å²) in [4.78, 5) is 11.6. The fourth-order valence-corrected chi connectivity index (χ4v) is 2.84. The van der Waals surface area contributed by atoms with Gasteiger partial charge in [-0.25, -0.2) is 0 Å². The lowest BCUT2D eigenvalue weighted by molar-refractivity contribution is 0.224. The Bertz CT molecular complexity index is 496. The lowest BCUT2D eigenvalue weighted by Crippen LogP contribution is -2.38. The Kier molecular flexibility index (Phi) is 5.48. The molecule has 0 atom stereocenters. The Morgan fingerprint density at radius 2 is 1.32 bits per heavy atom. The summed E-state index contributed by atoms with van der Waals surface area (Å²) < 4.78 is 0. The van der Waals surface area contributed by atoms with Crippen molar-refractivity contribution in [3.8, 4) is 0 Å². The third kappa shape index (κ3) is 3.88. The van der Waals surface area contributed by atoms with Crippen LogP contribution in [0.3, 0.4) is 0 Å². The van der Waals surface area contributed by atoms with E-state index in [0.717, 1.165) is 50.7 Å². The molecule has 116 valence electrons. The number of hydrogen-bond acceptors (Lipinski definition) is 5. The standard InChI is InChI=1S/C17H23N5/c1-3-7-20-15(5-1)17(16-6-2-4-8-21-16)22-13-11-18-9-10-19-12-14-22/h1-8,17-19H,9-14H2. The maximum atomic E-state index is 4.59. The van der Waals surface area contributed by atoms with Crippen molar-refractivity contribution in [3.63, 3.8) is 0 Å². The molecule has 0 radical (unpaired) electrons. The third-order valence-electron chi connectivity index (χ3n) is 3.93. The summed E-state index contributed by atoms with van der Waals surface area (Å²) >= 11 is 0. The Hall–Kier alpha value is -1.82. The first-order chi connectivity index (χ1) is 10.9. The molecule has 0 unspecified atom stereocenters. The van der Waals surface area contributed by atoms with Gasteiger partial charge in [0.2, 0.25) is 0 Å². The zero-order valence-electron chi connectivity index (χ0n) is 12.8. The minimum atomic E-state index is 0.101. The van der Waals surface area contributed by atoms with Gasteiger partial charge < -0.3 is 10.6 Å². The van der Waals surface area contributed by atoms with Crippen molar-refractivity contribution in [1.82, 2.24) is 25.5 Å². The van der Waals surface area contributed by atoms with Gasteiger partial charge in [0.05, 0.1) is 17.4 Å². The van der Waals surface area contributed by atoms with E-state index in [1.807, 2.05) is 36.7 Å². The average molecular weight is 297 g/mol. The van der Waals surface area contributed by atoms with Crippen molar-refractivity contribution >= 4 is 0 Å². The topological polar surface area (TPSA) is 53.1 Å². The van der Waals surface area contributed by atoms with Crippen LogP contribution in [-0.2, 0) is 0 Å². The molecule has 22 heavy (non-hydrogen) atoms. The molecule has 1 aliphatic rings. The Morgan fingerprint density at radius 1 is 0.773 bits per heavy atom. The number of pyridine rings is 2. The van der Waals surface area contributed by atoms with Crippen LogP contribution in [0.25, 0.3) is 0 Å². The highest BCUT2D eigenvalue weighted by molar-refractivity contribution is 5.22. The zero-order chi connectivity index (χ0) is 15.0. The van der Waals surface area contributed by atoms with Crippen LogP contribution in [0.4, 0.5) is 0 Å². The molecule has 3 heterocycles. The Morgan fingerprint density at radius 3 is 1.77 bits per heavy atom. The Labute approximate surface area is 131 Å². The predicted molar refractivity (Wildman–Crippen MR) is 87.6 cm³/mol. The minimum absolute atomic E-state index is 0.101. The van der Waals surface area contributed by atoms with Gasteiger partial charge in [-0.05, 0) is 24.3 Å². The fourth-order valence-electron chi connectivity index (χ4n) is 2.84. The maximum Gasteiger partial charge on any atom is 0.0950 e. The van der Waals surface area contributed by atoms with E-state index >= 15 is 0 Å². The summed E-state index contributed by atoms with van der Waals surface area (Å²) in [7, 11) is 0. The molecule has 0 bridgehead atoms. The van der Waals surface area contributed by atoms with E-state index in [1.165, 1.54) is 0 Å². The predicted octanol–water partition coefficient (Wildman–Crippen LogP) is 1.06. The number of hydrogen-bond donors (Lipinski definition) is 2. The largest absolute Gasteiger partial charge is 0.314 e. The summed E-state index contributed by atoms with van der Waals surface area (Å²) in [5, 5.41) is 6.94. The van der Waals surface area contributed by atoms with Crippen LogP contribution in [0.2, 0.25) is 0 Å². The molecule has 0 aliphatic carbocycles. The molecule has 3 rings (SSSR count). The van der Waals surface area contributed by atoms with Crippen molar-refractivity contribution in [1.29, 1.82) is 0 Å². The highest BCUT2D eigenvalue weighted by atomic mass is 15.2. The first-order valence-electron chi connectivity index (χ1n) is 7.92. The molecule has 1 saturated heterocycles. The first-order valence-corrected chi connectivity index (χ1v) is 7.92. The summed E-state index contributed by atoms with van der Waals surface area (Å²) in [5.74, 6) is 0. The van der Waals surface area contributed by atoms with Gasteiger partial charge in [0, 0.05) is 51.7 Å². The summed E-state index contributed by atoms with van der Waals surface area (Å²) in [6.07, 6.45) is 3.72. The molecule has 5 heteroatoms. The van der Waals surface area contributed by atoms with Crippen molar-refractivity contribution in [2.24, 2.45) is 0 Å². The molecule has 1 aliphatic heterocycles. The lowest BCUT2D eigenvalue weighted by atomic mass is 10.1. The van der Waals surface area contributed by atoms with Crippen LogP contribution in [0.5, 0.6) is 0 Å². The second-order valence-corrected chi connectivity index (χ2v) is 5.45. The van der Waals surface area contributed by atoms with E-state index in [9.17, 15) is 0 Å². The van der Waals surface area contributed by atoms with E-state index in [2.05, 4.69) is 37.6 Å². The van der Waals surface area contributed by atoms with Gasteiger partial charge in [-0.3, -0.25) is 14.9 Å². The van der Waals surface area contributed by atoms with Crippen molar-refractivity contribution in [3.05, 3.63) is 60.2 Å². The summed E-state index contributed by atoms with van der Waals surface area (Å²) in [5.41, 5.74) is 2.11. The van der Waals surface area contributed by atoms with Crippen molar-refractivity contribution in [2.45, 2.75) is 6.04 Å². The molecular weight excluding hydrogens is 274 g/mol. The quantitative estimate of drug-likeness (QED) is 0.887. The van der Waals surface area contributed by atoms with Gasteiger partial charge in [-0.15, -0.1) is 0 Å². The average Bonchev–Trinajstić information content (AvgIpc) is 2.71. The molecule has 0 aromatic carbocycles. The van der Waals surface area contributed by atoms with Gasteiger partial charge in [0.1, 0.15) is 0 Å². The van der Waals surface area contributed by atoms with Gasteiger partial charge in [-0.1, -0.05) is 12.1 Å². The Balaban J connectivity index is 1.90. The lowest BCUT2D eigenvalue weighted by Gasteiger charge is -2.30. The fraction of sp³-hybridized carbons (Fsp3) is 0.412. The minimum Gasteiger partial charge on any atom is -0.314 e. The first kappa shape index (κ1) is 15.1.